The van der Waals surface area contributed by atoms with E-state index in [2.05, 4.69) is 20.2 Å². The van der Waals surface area contributed by atoms with E-state index in [-0.39, 0.29) is 67.3 Å². The summed E-state index contributed by atoms with van der Waals surface area (Å²) in [5, 5.41) is 9.94. The molecule has 3 heterocycles. The average Bonchev–Trinajstić information content (AvgIpc) is 3.88. The first-order chi connectivity index (χ1) is 29.2. The molecular formula is C40H40ClF8N7O5S2. The van der Waals surface area contributed by atoms with Crippen molar-refractivity contribution in [2.24, 2.45) is 7.05 Å². The Morgan fingerprint density at radius 2 is 1.57 bits per heavy atom. The third-order valence-corrected chi connectivity index (χ3v) is 15.2. The van der Waals surface area contributed by atoms with Crippen molar-refractivity contribution in [1.82, 2.24) is 29.9 Å². The summed E-state index contributed by atoms with van der Waals surface area (Å²) in [6, 6.07) is 7.06. The van der Waals surface area contributed by atoms with Gasteiger partial charge in [0.1, 0.15) is 29.6 Å². The highest BCUT2D eigenvalue weighted by Gasteiger charge is 2.55. The number of alkyl halides is 6. The van der Waals surface area contributed by atoms with E-state index < -0.39 is 114 Å². The van der Waals surface area contributed by atoms with Crippen molar-refractivity contribution in [2.45, 2.75) is 99.6 Å². The van der Waals surface area contributed by atoms with Crippen LogP contribution >= 0.6 is 11.6 Å². The van der Waals surface area contributed by atoms with Crippen LogP contribution in [0.3, 0.4) is 0 Å². The van der Waals surface area contributed by atoms with Gasteiger partial charge in [-0.05, 0) is 75.8 Å². The van der Waals surface area contributed by atoms with Crippen molar-refractivity contribution in [1.29, 1.82) is 0 Å². The van der Waals surface area contributed by atoms with Crippen molar-refractivity contribution in [3.63, 3.8) is 0 Å². The standard InChI is InChI=1S/C40H40ClF8N7O5S2/c1-38(2,63(60,61)24-6-7-24)12-11-23-5-8-25(26-9-10-27(41)30-34(26)55(3)53-37(30)54-62(4,58)59)32(50-23)28(17-20-15-21(42)18-22(43)16-20)51-29(57)19-56-35-31(33(52-56)36(44)45)39(46,47)13-14-40(35,48)49/h5,8-10,15-16,18,24,28,36H,6-7,11-14,17,19H2,1-4H3,(H,51,57)(H,53,54)/t28-/m0/s1. The molecule has 340 valence electrons. The molecule has 12 nitrogen and oxygen atoms in total. The summed E-state index contributed by atoms with van der Waals surface area (Å²) >= 11 is 6.59. The number of nitrogens with one attached hydrogen (secondary N) is 2. The molecule has 1 fully saturated rings. The van der Waals surface area contributed by atoms with Gasteiger partial charge in [-0.2, -0.15) is 19.0 Å². The minimum Gasteiger partial charge on any atom is -0.346 e. The number of sulfonamides is 1. The molecule has 0 aliphatic heterocycles. The lowest BCUT2D eigenvalue weighted by molar-refractivity contribution is -0.123. The maximum atomic E-state index is 15.3. The summed E-state index contributed by atoms with van der Waals surface area (Å²) in [5.41, 5.74) is -4.01. The molecule has 0 spiro atoms. The molecule has 2 aromatic carbocycles. The maximum Gasteiger partial charge on any atom is 0.290 e. The van der Waals surface area contributed by atoms with Crippen LogP contribution in [-0.4, -0.2) is 63.5 Å². The Hall–Kier alpha value is -4.83. The number of carbonyl (C=O) groups is 1. The molecule has 0 radical (unpaired) electrons. The molecule has 0 unspecified atom stereocenters. The zero-order chi connectivity index (χ0) is 46.2. The lowest BCUT2D eigenvalue weighted by Crippen LogP contribution is -2.37. The van der Waals surface area contributed by atoms with Gasteiger partial charge in [0.25, 0.3) is 18.3 Å². The zero-order valence-corrected chi connectivity index (χ0v) is 36.3. The van der Waals surface area contributed by atoms with Crippen molar-refractivity contribution >= 4 is 54.1 Å². The number of aryl methyl sites for hydroxylation is 2. The van der Waals surface area contributed by atoms with Crippen LogP contribution in [0.4, 0.5) is 40.9 Å². The van der Waals surface area contributed by atoms with Gasteiger partial charge >= 0.3 is 0 Å². The number of hydrogen-bond acceptors (Lipinski definition) is 8. The predicted molar refractivity (Wildman–Crippen MR) is 217 cm³/mol. The smallest absolute Gasteiger partial charge is 0.290 e. The van der Waals surface area contributed by atoms with E-state index in [0.717, 1.165) is 18.4 Å². The van der Waals surface area contributed by atoms with Gasteiger partial charge in [0.2, 0.25) is 15.9 Å². The summed E-state index contributed by atoms with van der Waals surface area (Å²) in [5.74, 6) is -11.6. The number of pyridine rings is 1. The SMILES string of the molecule is Cn1nc(NS(C)(=O)=O)c2c(Cl)ccc(-c3ccc(CCC(C)(C)S(=O)(=O)C4CC4)nc3[C@H](Cc3cc(F)cc(F)c3)NC(=O)Cn3nc(C(F)F)c4c3C(F)(F)CCC4(F)F)c21. The number of benzene rings is 2. The minimum atomic E-state index is -4.13. The number of amides is 1. The largest absolute Gasteiger partial charge is 0.346 e. The fourth-order valence-electron chi connectivity index (χ4n) is 7.99. The molecule has 2 N–H and O–H groups in total. The van der Waals surface area contributed by atoms with Crippen molar-refractivity contribution in [2.75, 3.05) is 11.0 Å². The molecule has 0 saturated heterocycles. The molecule has 1 atom stereocenters. The number of carbonyl (C=O) groups excluding carboxylic acids is 1. The first-order valence-corrected chi connectivity index (χ1v) is 23.3. The Morgan fingerprint density at radius 3 is 2.19 bits per heavy atom. The van der Waals surface area contributed by atoms with Crippen molar-refractivity contribution < 1.29 is 56.8 Å². The first-order valence-electron chi connectivity index (χ1n) is 19.5. The molecule has 7 rings (SSSR count). The maximum absolute atomic E-state index is 15.3. The van der Waals surface area contributed by atoms with Gasteiger partial charge < -0.3 is 5.32 Å². The van der Waals surface area contributed by atoms with E-state index in [9.17, 15) is 39.2 Å². The van der Waals surface area contributed by atoms with Gasteiger partial charge in [0.05, 0.1) is 49.5 Å². The Kier molecular flexibility index (Phi) is 12.0. The second-order valence-electron chi connectivity index (χ2n) is 16.5. The number of anilines is 1. The van der Waals surface area contributed by atoms with E-state index in [1.807, 2.05) is 0 Å². The first kappa shape index (κ1) is 46.2. The number of sulfone groups is 1. The monoisotopic (exact) mass is 949 g/mol. The summed E-state index contributed by atoms with van der Waals surface area (Å²) in [4.78, 5) is 18.9. The Labute approximate surface area is 361 Å². The third-order valence-electron chi connectivity index (χ3n) is 11.2. The number of halogens is 9. The molecule has 2 aliphatic carbocycles. The van der Waals surface area contributed by atoms with Crippen LogP contribution in [0.5, 0.6) is 0 Å². The second-order valence-corrected chi connectivity index (χ2v) is 21.5. The van der Waals surface area contributed by atoms with Gasteiger partial charge in [-0.1, -0.05) is 23.7 Å². The number of nitrogens with zero attached hydrogens (tertiary/aromatic N) is 5. The molecule has 0 bridgehead atoms. The third kappa shape index (κ3) is 9.25. The fourth-order valence-corrected chi connectivity index (χ4v) is 10.8. The molecule has 1 amide bonds. The van der Waals surface area contributed by atoms with E-state index in [1.165, 1.54) is 23.9 Å². The second kappa shape index (κ2) is 16.3. The summed E-state index contributed by atoms with van der Waals surface area (Å²) in [7, 11) is -5.98. The van der Waals surface area contributed by atoms with Crippen LogP contribution in [0.1, 0.15) is 92.3 Å². The predicted octanol–water partition coefficient (Wildman–Crippen LogP) is 8.44. The summed E-state index contributed by atoms with van der Waals surface area (Å²) in [6.45, 7) is 1.88. The normalized spacial score (nSPS) is 16.9. The number of fused-ring (bicyclic) bond motifs is 2. The topological polar surface area (TPSA) is 158 Å². The Balaban J connectivity index is 1.39. The fraction of sp³-hybridized carbons (Fsp3) is 0.450. The average molecular weight is 950 g/mol. The number of hydrogen-bond donors (Lipinski definition) is 2. The van der Waals surface area contributed by atoms with Crippen LogP contribution in [0.2, 0.25) is 5.02 Å². The molecule has 2 aliphatic rings. The lowest BCUT2D eigenvalue weighted by atomic mass is 9.89. The zero-order valence-electron chi connectivity index (χ0n) is 33.9. The molecule has 3 aromatic heterocycles. The highest BCUT2D eigenvalue weighted by Crippen LogP contribution is 2.52. The van der Waals surface area contributed by atoms with E-state index in [0.29, 0.717) is 18.9 Å². The minimum absolute atomic E-state index is 0.0464. The Morgan fingerprint density at radius 1 is 0.937 bits per heavy atom. The summed E-state index contributed by atoms with van der Waals surface area (Å²) in [6.07, 6.45) is -4.99. The van der Waals surface area contributed by atoms with E-state index >= 15 is 17.6 Å². The van der Waals surface area contributed by atoms with Crippen LogP contribution in [0.25, 0.3) is 22.0 Å². The molecule has 23 heteroatoms. The van der Waals surface area contributed by atoms with Crippen molar-refractivity contribution in [3.8, 4) is 11.1 Å². The highest BCUT2D eigenvalue weighted by molar-refractivity contribution is 7.93. The van der Waals surface area contributed by atoms with Crippen LogP contribution in [-0.2, 0) is 62.9 Å². The summed E-state index contributed by atoms with van der Waals surface area (Å²) < 4.78 is 172. The highest BCUT2D eigenvalue weighted by atomic mass is 35.5. The van der Waals surface area contributed by atoms with Crippen LogP contribution in [0.15, 0.2) is 42.5 Å². The molecule has 63 heavy (non-hydrogen) atoms. The van der Waals surface area contributed by atoms with Crippen molar-refractivity contribution in [3.05, 3.63) is 93.0 Å². The van der Waals surface area contributed by atoms with E-state index in [1.54, 1.807) is 26.0 Å². The van der Waals surface area contributed by atoms with Gasteiger partial charge in [0, 0.05) is 42.8 Å². The quantitative estimate of drug-likeness (QED) is 0.0991. The molecular weight excluding hydrogens is 910 g/mol. The van der Waals surface area contributed by atoms with Gasteiger partial charge in [-0.3, -0.25) is 23.9 Å². The van der Waals surface area contributed by atoms with Crippen LogP contribution < -0.4 is 10.0 Å². The van der Waals surface area contributed by atoms with Gasteiger partial charge in [-0.15, -0.1) is 0 Å². The van der Waals surface area contributed by atoms with Crippen LogP contribution in [0, 0.1) is 11.6 Å². The molecule has 1 saturated carbocycles. The molecule has 5 aromatic rings. The van der Waals surface area contributed by atoms with Gasteiger partial charge in [-0.25, -0.2) is 43.2 Å². The van der Waals surface area contributed by atoms with E-state index in [4.69, 9.17) is 16.6 Å². The Bertz CT molecular complexity index is 2850. The number of rotatable bonds is 15. The number of aromatic nitrogens is 5. The lowest BCUT2D eigenvalue weighted by Gasteiger charge is -2.29. The van der Waals surface area contributed by atoms with Gasteiger partial charge in [0.15, 0.2) is 15.7 Å².